The average molecular weight is 426 g/mol. The molecule has 3 aromatic rings. The van der Waals surface area contributed by atoms with Crippen molar-refractivity contribution in [3.8, 4) is 11.6 Å². The normalized spacial score (nSPS) is 14.4. The number of hydrogen-bond acceptors (Lipinski definition) is 9. The van der Waals surface area contributed by atoms with E-state index in [1.165, 1.54) is 15.8 Å². The van der Waals surface area contributed by atoms with Crippen molar-refractivity contribution in [2.45, 2.75) is 26.3 Å². The van der Waals surface area contributed by atoms with E-state index in [0.29, 0.717) is 24.6 Å². The molecule has 162 valence electrons. The molecule has 0 spiro atoms. The highest BCUT2D eigenvalue weighted by molar-refractivity contribution is 5.94. The number of carbonyl (C=O) groups is 1. The van der Waals surface area contributed by atoms with Crippen LogP contribution < -0.4 is 20.8 Å². The zero-order valence-corrected chi connectivity index (χ0v) is 17.1. The predicted molar refractivity (Wildman–Crippen MR) is 110 cm³/mol. The van der Waals surface area contributed by atoms with Crippen molar-refractivity contribution in [1.82, 2.24) is 30.7 Å². The molecule has 12 nitrogen and oxygen atoms in total. The second-order valence-electron chi connectivity index (χ2n) is 7.07. The van der Waals surface area contributed by atoms with Gasteiger partial charge in [0.15, 0.2) is 5.69 Å². The van der Waals surface area contributed by atoms with Crippen LogP contribution in [0.15, 0.2) is 34.0 Å². The fraction of sp³-hybridized carbons (Fsp3) is 0.368. The molecule has 0 saturated carbocycles. The summed E-state index contributed by atoms with van der Waals surface area (Å²) in [5, 5.41) is 19.6. The van der Waals surface area contributed by atoms with Crippen LogP contribution in [0.5, 0.6) is 5.75 Å². The maximum atomic E-state index is 12.8. The van der Waals surface area contributed by atoms with E-state index in [2.05, 4.69) is 35.8 Å². The molecule has 1 aliphatic heterocycles. The van der Waals surface area contributed by atoms with Gasteiger partial charge in [0.1, 0.15) is 18.0 Å². The van der Waals surface area contributed by atoms with E-state index in [9.17, 15) is 4.79 Å². The van der Waals surface area contributed by atoms with Gasteiger partial charge < -0.3 is 15.4 Å². The Hall–Kier alpha value is -3.80. The number of nitrogen functional groups attached to an aromatic ring is 1. The molecule has 0 atom stereocenters. The Balaban J connectivity index is 1.56. The van der Waals surface area contributed by atoms with Crippen LogP contribution in [0.25, 0.3) is 5.82 Å². The number of amides is 1. The van der Waals surface area contributed by atoms with E-state index in [4.69, 9.17) is 10.5 Å². The van der Waals surface area contributed by atoms with Crippen LogP contribution in [-0.2, 0) is 6.54 Å². The van der Waals surface area contributed by atoms with Gasteiger partial charge in [-0.05, 0) is 29.4 Å². The van der Waals surface area contributed by atoms with Gasteiger partial charge in [-0.25, -0.2) is 10.1 Å². The summed E-state index contributed by atoms with van der Waals surface area (Å²) in [5.74, 6) is 0.468. The molecule has 0 unspecified atom stereocenters. The zero-order chi connectivity index (χ0) is 21.6. The van der Waals surface area contributed by atoms with E-state index in [0.717, 1.165) is 31.5 Å². The molecule has 3 heterocycles. The van der Waals surface area contributed by atoms with Crippen molar-refractivity contribution in [2.75, 3.05) is 25.4 Å². The smallest absolute Gasteiger partial charge is 0.294 e. The summed E-state index contributed by atoms with van der Waals surface area (Å²) in [6.07, 6.45) is 3.80. The van der Waals surface area contributed by atoms with Gasteiger partial charge in [0.05, 0.1) is 25.9 Å². The Kier molecular flexibility index (Phi) is 6.17. The number of nitrogens with two attached hydrogens (primary N) is 1. The first-order chi connectivity index (χ1) is 15.2. The number of aromatic nitrogens is 5. The molecule has 0 radical (unpaired) electrons. The Morgan fingerprint density at radius 3 is 2.90 bits per heavy atom. The lowest BCUT2D eigenvalue weighted by Gasteiger charge is -2.12. The minimum Gasteiger partial charge on any atom is -0.493 e. The Morgan fingerprint density at radius 1 is 1.35 bits per heavy atom. The number of anilines is 1. The van der Waals surface area contributed by atoms with E-state index >= 15 is 0 Å². The fourth-order valence-corrected chi connectivity index (χ4v) is 3.52. The molecule has 0 aliphatic carbocycles. The quantitative estimate of drug-likeness (QED) is 0.324. The predicted octanol–water partition coefficient (Wildman–Crippen LogP) is -0.426. The summed E-state index contributed by atoms with van der Waals surface area (Å²) in [7, 11) is 0. The summed E-state index contributed by atoms with van der Waals surface area (Å²) >= 11 is 0. The molecule has 1 amide bonds. The molecular formula is C19H24N9O3+. The van der Waals surface area contributed by atoms with Crippen molar-refractivity contribution in [3.63, 3.8) is 0 Å². The summed E-state index contributed by atoms with van der Waals surface area (Å²) in [4.78, 5) is 14.2. The van der Waals surface area contributed by atoms with E-state index < -0.39 is 5.91 Å². The highest BCUT2D eigenvalue weighted by Crippen LogP contribution is 2.17. The average Bonchev–Trinajstić information content (AvgIpc) is 3.51. The third-order valence-electron chi connectivity index (χ3n) is 4.99. The number of ether oxygens (including phenoxy) is 1. The number of hydrazone groups is 1. The number of hydrogen-bond donors (Lipinski definition) is 3. The van der Waals surface area contributed by atoms with Crippen LogP contribution in [0.2, 0.25) is 0 Å². The summed E-state index contributed by atoms with van der Waals surface area (Å²) in [5.41, 5.74) is 9.80. The van der Waals surface area contributed by atoms with Gasteiger partial charge in [0.25, 0.3) is 5.91 Å². The second-order valence-corrected chi connectivity index (χ2v) is 7.07. The number of nitrogens with zero attached hydrogens (tertiary/aromatic N) is 6. The van der Waals surface area contributed by atoms with Crippen LogP contribution in [0.1, 0.15) is 41.5 Å². The minimum absolute atomic E-state index is 0.0695. The molecule has 1 aromatic carbocycles. The lowest BCUT2D eigenvalue weighted by Crippen LogP contribution is -3.08. The first-order valence-electron chi connectivity index (χ1n) is 10.1. The summed E-state index contributed by atoms with van der Waals surface area (Å²) in [6, 6.07) is 7.42. The van der Waals surface area contributed by atoms with Crippen LogP contribution in [0.3, 0.4) is 0 Å². The van der Waals surface area contributed by atoms with Crippen molar-refractivity contribution >= 4 is 17.9 Å². The maximum absolute atomic E-state index is 12.8. The molecule has 1 saturated heterocycles. The SMILES string of the molecule is CCOc1ccccc1/C=N\NC(=O)c1nnn(-c2nonc2N)c1C[NH+]1CCCC1. The van der Waals surface area contributed by atoms with Crippen LogP contribution in [-0.4, -0.2) is 57.1 Å². The molecule has 1 fully saturated rings. The van der Waals surface area contributed by atoms with Crippen molar-refractivity contribution < 1.29 is 19.1 Å². The minimum atomic E-state index is -0.486. The van der Waals surface area contributed by atoms with Crippen LogP contribution in [0, 0.1) is 0 Å². The van der Waals surface area contributed by atoms with Gasteiger partial charge in [0, 0.05) is 18.4 Å². The van der Waals surface area contributed by atoms with Crippen molar-refractivity contribution in [3.05, 3.63) is 41.2 Å². The molecular weight excluding hydrogens is 402 g/mol. The third-order valence-corrected chi connectivity index (χ3v) is 4.99. The molecule has 0 bridgehead atoms. The first kappa shape index (κ1) is 20.5. The monoisotopic (exact) mass is 426 g/mol. The highest BCUT2D eigenvalue weighted by Gasteiger charge is 2.28. The van der Waals surface area contributed by atoms with Gasteiger partial charge in [0.2, 0.25) is 11.6 Å². The molecule has 12 heteroatoms. The zero-order valence-electron chi connectivity index (χ0n) is 17.1. The topological polar surface area (TPSA) is 151 Å². The van der Waals surface area contributed by atoms with Gasteiger partial charge >= 0.3 is 0 Å². The maximum Gasteiger partial charge on any atom is 0.294 e. The first-order valence-corrected chi connectivity index (χ1v) is 10.1. The van der Waals surface area contributed by atoms with Gasteiger partial charge in [-0.2, -0.15) is 9.78 Å². The standard InChI is InChI=1S/C19H23N9O3/c1-2-30-15-8-4-3-7-13(15)11-21-23-19(29)16-14(12-27-9-5-6-10-27)28(26-22-16)18-17(20)24-31-25-18/h3-4,7-8,11H,2,5-6,9-10,12H2,1H3,(H2,20,24)(H,23,29)/p+1/b21-11-. The molecule has 4 N–H and O–H groups in total. The number of carbonyl (C=O) groups excluding carboxylic acids is 1. The molecule has 2 aromatic heterocycles. The summed E-state index contributed by atoms with van der Waals surface area (Å²) in [6.45, 7) is 4.98. The van der Waals surface area contributed by atoms with E-state index in [1.54, 1.807) is 0 Å². The Morgan fingerprint density at radius 2 is 2.16 bits per heavy atom. The lowest BCUT2D eigenvalue weighted by molar-refractivity contribution is -0.901. The third kappa shape index (κ3) is 4.53. The van der Waals surface area contributed by atoms with Gasteiger partial charge in [-0.15, -0.1) is 5.10 Å². The largest absolute Gasteiger partial charge is 0.493 e. The van der Waals surface area contributed by atoms with Crippen molar-refractivity contribution in [1.29, 1.82) is 0 Å². The van der Waals surface area contributed by atoms with Gasteiger partial charge in [-0.3, -0.25) is 4.79 Å². The van der Waals surface area contributed by atoms with Crippen LogP contribution >= 0.6 is 0 Å². The Bertz CT molecular complexity index is 1070. The van der Waals surface area contributed by atoms with E-state index in [1.807, 2.05) is 31.2 Å². The molecule has 4 rings (SSSR count). The Labute approximate surface area is 178 Å². The number of rotatable bonds is 8. The highest BCUT2D eigenvalue weighted by atomic mass is 16.6. The van der Waals surface area contributed by atoms with E-state index in [-0.39, 0.29) is 17.3 Å². The lowest BCUT2D eigenvalue weighted by atomic mass is 10.2. The second kappa shape index (κ2) is 9.34. The van der Waals surface area contributed by atoms with Crippen LogP contribution in [0.4, 0.5) is 5.82 Å². The number of quaternary nitrogens is 1. The van der Waals surface area contributed by atoms with Crippen molar-refractivity contribution in [2.24, 2.45) is 5.10 Å². The fourth-order valence-electron chi connectivity index (χ4n) is 3.52. The van der Waals surface area contributed by atoms with Gasteiger partial charge in [-0.1, -0.05) is 17.3 Å². The summed E-state index contributed by atoms with van der Waals surface area (Å²) < 4.78 is 11.6. The molecule has 1 aliphatic rings. The number of nitrogens with one attached hydrogen (secondary N) is 2. The number of likely N-dealkylation sites (tertiary alicyclic amines) is 1. The number of para-hydroxylation sites is 1. The molecule has 31 heavy (non-hydrogen) atoms. The number of benzene rings is 1.